The van der Waals surface area contributed by atoms with Crippen LogP contribution in [0.3, 0.4) is 0 Å². The lowest BCUT2D eigenvalue weighted by Crippen LogP contribution is -2.41. The number of pyridine rings is 1. The van der Waals surface area contributed by atoms with Crippen molar-refractivity contribution in [2.75, 3.05) is 19.7 Å². The average molecular weight is 691 g/mol. The molecule has 0 radical (unpaired) electrons. The fraction of sp³-hybridized carbons (Fsp3) is 0.394. The van der Waals surface area contributed by atoms with E-state index in [1.54, 1.807) is 17.0 Å². The molecular formula is C33H34ClF3N4O5S. The number of hydrogen-bond donors (Lipinski definition) is 0. The first-order valence-electron chi connectivity index (χ1n) is 15.0. The van der Waals surface area contributed by atoms with Crippen molar-refractivity contribution in [2.45, 2.75) is 64.8 Å². The Morgan fingerprint density at radius 2 is 1.83 bits per heavy atom. The lowest BCUT2D eigenvalue weighted by molar-refractivity contribution is -0.143. The first kappa shape index (κ1) is 34.2. The van der Waals surface area contributed by atoms with Gasteiger partial charge in [-0.05, 0) is 87.7 Å². The van der Waals surface area contributed by atoms with Crippen molar-refractivity contribution < 1.29 is 37.0 Å². The summed E-state index contributed by atoms with van der Waals surface area (Å²) in [5.41, 5.74) is -0.256. The number of carbonyl (C=O) groups excluding carboxylic acids is 2. The highest BCUT2D eigenvalue weighted by atomic mass is 35.5. The van der Waals surface area contributed by atoms with E-state index >= 15 is 0 Å². The molecule has 1 saturated heterocycles. The Labute approximate surface area is 279 Å². The molecule has 3 aromatic heterocycles. The molecule has 0 spiro atoms. The molecular weight excluding hydrogens is 657 g/mol. The van der Waals surface area contributed by atoms with E-state index in [1.807, 2.05) is 50.4 Å². The van der Waals surface area contributed by atoms with Crippen LogP contribution in [0.15, 0.2) is 54.0 Å². The van der Waals surface area contributed by atoms with Crippen LogP contribution in [0, 0.1) is 0 Å². The minimum Gasteiger partial charge on any atom is -0.487 e. The van der Waals surface area contributed by atoms with Gasteiger partial charge in [-0.1, -0.05) is 23.7 Å². The number of thiophene rings is 1. The number of likely N-dealkylation sites (tertiary alicyclic amines) is 1. The van der Waals surface area contributed by atoms with Crippen molar-refractivity contribution in [3.8, 4) is 22.1 Å². The Morgan fingerprint density at radius 1 is 1.09 bits per heavy atom. The summed E-state index contributed by atoms with van der Waals surface area (Å²) in [4.78, 5) is 31.5. The number of amides is 1. The minimum atomic E-state index is -4.88. The molecule has 1 aliphatic heterocycles. The van der Waals surface area contributed by atoms with Crippen LogP contribution >= 0.6 is 22.9 Å². The van der Waals surface area contributed by atoms with Gasteiger partial charge in [-0.3, -0.25) is 0 Å². The zero-order valence-electron chi connectivity index (χ0n) is 26.3. The van der Waals surface area contributed by atoms with Crippen LogP contribution in [0.4, 0.5) is 18.0 Å². The number of nitrogens with zero attached hydrogens (tertiary/aromatic N) is 4. The lowest BCUT2D eigenvalue weighted by Gasteiger charge is -2.33. The van der Waals surface area contributed by atoms with E-state index in [9.17, 15) is 22.8 Å². The molecule has 250 valence electrons. The third-order valence-electron chi connectivity index (χ3n) is 7.42. The monoisotopic (exact) mass is 690 g/mol. The molecule has 1 aromatic carbocycles. The van der Waals surface area contributed by atoms with E-state index in [-0.39, 0.29) is 31.0 Å². The molecule has 5 rings (SSSR count). The Balaban J connectivity index is 1.28. The molecule has 0 bridgehead atoms. The molecule has 47 heavy (non-hydrogen) atoms. The van der Waals surface area contributed by atoms with Crippen molar-refractivity contribution >= 4 is 35.0 Å². The van der Waals surface area contributed by atoms with Crippen molar-refractivity contribution in [1.29, 1.82) is 0 Å². The predicted molar refractivity (Wildman–Crippen MR) is 171 cm³/mol. The number of carbonyl (C=O) groups is 2. The van der Waals surface area contributed by atoms with Gasteiger partial charge in [0, 0.05) is 18.7 Å². The Kier molecular flexibility index (Phi) is 10.2. The summed E-state index contributed by atoms with van der Waals surface area (Å²) in [7, 11) is 0. The van der Waals surface area contributed by atoms with E-state index in [0.717, 1.165) is 30.2 Å². The summed E-state index contributed by atoms with van der Waals surface area (Å²) in [5.74, 6) is -0.502. The van der Waals surface area contributed by atoms with E-state index in [2.05, 4.69) is 10.1 Å². The number of ether oxygens (including phenoxy) is 3. The van der Waals surface area contributed by atoms with Crippen LogP contribution in [0.5, 0.6) is 5.75 Å². The fourth-order valence-corrected chi connectivity index (χ4v) is 6.39. The lowest BCUT2D eigenvalue weighted by atomic mass is 9.89. The molecule has 0 unspecified atom stereocenters. The summed E-state index contributed by atoms with van der Waals surface area (Å²) in [6.45, 7) is 8.30. The second-order valence-corrected chi connectivity index (χ2v) is 13.2. The quantitative estimate of drug-likeness (QED) is 0.171. The van der Waals surface area contributed by atoms with Gasteiger partial charge in [0.15, 0.2) is 11.5 Å². The number of aromatic nitrogens is 3. The van der Waals surface area contributed by atoms with Crippen molar-refractivity contribution in [3.63, 3.8) is 0 Å². The molecule has 0 atom stereocenters. The largest absolute Gasteiger partial charge is 0.487 e. The topological polar surface area (TPSA) is 95.8 Å². The molecule has 9 nitrogen and oxygen atoms in total. The normalized spacial score (nSPS) is 14.3. The maximum Gasteiger partial charge on any atom is 0.434 e. The van der Waals surface area contributed by atoms with E-state index in [4.69, 9.17) is 25.8 Å². The summed E-state index contributed by atoms with van der Waals surface area (Å²) in [5, 5.41) is 6.11. The molecule has 0 N–H and O–H groups in total. The summed E-state index contributed by atoms with van der Waals surface area (Å²) >= 11 is 7.99. The molecule has 1 amide bonds. The smallest absolute Gasteiger partial charge is 0.434 e. The third kappa shape index (κ3) is 8.07. The number of benzene rings is 1. The summed E-state index contributed by atoms with van der Waals surface area (Å²) in [6.07, 6.45) is -2.78. The highest BCUT2D eigenvalue weighted by Crippen LogP contribution is 2.37. The van der Waals surface area contributed by atoms with Crippen LogP contribution in [-0.4, -0.2) is 57.0 Å². The van der Waals surface area contributed by atoms with Gasteiger partial charge in [-0.25, -0.2) is 19.3 Å². The number of alkyl halides is 3. The van der Waals surface area contributed by atoms with Gasteiger partial charge in [0.25, 0.3) is 0 Å². The number of halogens is 4. The number of hydrogen-bond acceptors (Lipinski definition) is 8. The van der Waals surface area contributed by atoms with E-state index in [1.165, 1.54) is 24.3 Å². The molecule has 0 aliphatic carbocycles. The molecule has 0 saturated carbocycles. The van der Waals surface area contributed by atoms with Crippen LogP contribution in [-0.2, 0) is 22.3 Å². The number of piperidine rings is 1. The zero-order chi connectivity index (χ0) is 33.9. The maximum atomic E-state index is 14.0. The fourth-order valence-electron chi connectivity index (χ4n) is 5.26. The molecule has 1 aliphatic rings. The van der Waals surface area contributed by atoms with Crippen LogP contribution < -0.4 is 4.74 Å². The highest BCUT2D eigenvalue weighted by Gasteiger charge is 2.41. The minimum absolute atomic E-state index is 0.0790. The number of esters is 1. The van der Waals surface area contributed by atoms with Gasteiger partial charge >= 0.3 is 18.2 Å². The summed E-state index contributed by atoms with van der Waals surface area (Å²) < 4.78 is 59.1. The second kappa shape index (κ2) is 13.9. The average Bonchev–Trinajstić information content (AvgIpc) is 3.68. The Morgan fingerprint density at radius 3 is 2.49 bits per heavy atom. The Hall–Kier alpha value is -4.10. The first-order valence-corrected chi connectivity index (χ1v) is 16.3. The molecule has 4 heterocycles. The highest BCUT2D eigenvalue weighted by molar-refractivity contribution is 7.13. The molecule has 4 aromatic rings. The standard InChI is InChI=1S/C33H34ClF3N4O5S/c1-5-44-30(42)23-18-38-41(29(23)33(35,36)37)27-8-6-7-25(39-27)28-22(13-16-47-28)19-45-26-10-9-21(17-24(26)34)20-11-14-40(15-12-20)31(43)46-32(2,3)4/h6-10,13,16-18,20H,5,11-12,14-15,19H2,1-4H3. The van der Waals surface area contributed by atoms with Gasteiger partial charge in [0.2, 0.25) is 0 Å². The third-order valence-corrected chi connectivity index (χ3v) is 8.70. The van der Waals surface area contributed by atoms with Gasteiger partial charge in [-0.2, -0.15) is 18.3 Å². The molecule has 14 heteroatoms. The van der Waals surface area contributed by atoms with Gasteiger partial charge in [0.05, 0.1) is 28.4 Å². The Bertz CT molecular complexity index is 1740. The second-order valence-electron chi connectivity index (χ2n) is 11.9. The molecule has 1 fully saturated rings. The van der Waals surface area contributed by atoms with Crippen molar-refractivity contribution in [2.24, 2.45) is 0 Å². The first-order chi connectivity index (χ1) is 22.2. The van der Waals surface area contributed by atoms with Gasteiger partial charge < -0.3 is 19.1 Å². The SMILES string of the molecule is CCOC(=O)c1cnn(-c2cccc(-c3sccc3COc3ccc(C4CCN(C(=O)OC(C)(C)C)CC4)cc3Cl)n2)c1C(F)(F)F. The maximum absolute atomic E-state index is 14.0. The van der Waals surface area contributed by atoms with Crippen LogP contribution in [0.2, 0.25) is 5.02 Å². The van der Waals surface area contributed by atoms with E-state index < -0.39 is 29.0 Å². The van der Waals surface area contributed by atoms with Crippen LogP contribution in [0.25, 0.3) is 16.4 Å². The van der Waals surface area contributed by atoms with Gasteiger partial charge in [0.1, 0.15) is 23.5 Å². The van der Waals surface area contributed by atoms with Crippen molar-refractivity contribution in [1.82, 2.24) is 19.7 Å². The van der Waals surface area contributed by atoms with E-state index in [0.29, 0.717) is 39.1 Å². The predicted octanol–water partition coefficient (Wildman–Crippen LogP) is 8.54. The van der Waals surface area contributed by atoms with Gasteiger partial charge in [-0.15, -0.1) is 11.3 Å². The number of rotatable bonds is 8. The summed E-state index contributed by atoms with van der Waals surface area (Å²) in [6, 6.07) is 12.2. The van der Waals surface area contributed by atoms with Crippen LogP contribution in [0.1, 0.15) is 73.6 Å². The van der Waals surface area contributed by atoms with Crippen molar-refractivity contribution in [3.05, 3.63) is 81.4 Å². The zero-order valence-corrected chi connectivity index (χ0v) is 27.8.